The maximum Gasteiger partial charge on any atom is 0.240 e. The van der Waals surface area contributed by atoms with E-state index in [2.05, 4.69) is 35.2 Å². The molecular formula is C15H18N8O2S. The number of nitrogens with zero attached hydrogens (tertiary/aromatic N) is 5. The third-order valence-corrected chi connectivity index (χ3v) is 4.80. The second-order valence-electron chi connectivity index (χ2n) is 5.33. The number of nitrogens with two attached hydrogens (primary N) is 1. The zero-order chi connectivity index (χ0) is 18.7. The molecule has 4 N–H and O–H groups in total. The van der Waals surface area contributed by atoms with Crippen molar-refractivity contribution in [2.45, 2.75) is 30.5 Å². The van der Waals surface area contributed by atoms with Crippen LogP contribution in [0.15, 0.2) is 17.3 Å². The first-order valence-corrected chi connectivity index (χ1v) is 8.72. The molecule has 26 heavy (non-hydrogen) atoms. The van der Waals surface area contributed by atoms with Crippen molar-refractivity contribution in [3.63, 3.8) is 0 Å². The lowest BCUT2D eigenvalue weighted by Gasteiger charge is -2.14. The van der Waals surface area contributed by atoms with Crippen molar-refractivity contribution in [1.82, 2.24) is 29.9 Å². The summed E-state index contributed by atoms with van der Waals surface area (Å²) in [5.41, 5.74) is 6.89. The normalized spacial score (nSPS) is 12.1. The number of ether oxygens (including phenoxy) is 1. The molecule has 1 amide bonds. The molecular weight excluding hydrogens is 356 g/mol. The minimum atomic E-state index is -0.425. The van der Waals surface area contributed by atoms with Gasteiger partial charge in [-0.05, 0) is 13.3 Å². The van der Waals surface area contributed by atoms with Gasteiger partial charge in [0.05, 0.1) is 12.4 Å². The summed E-state index contributed by atoms with van der Waals surface area (Å²) in [6.07, 6.45) is 2.08. The Kier molecular flexibility index (Phi) is 5.16. The Labute approximate surface area is 153 Å². The van der Waals surface area contributed by atoms with E-state index in [1.807, 2.05) is 13.8 Å². The first kappa shape index (κ1) is 17.9. The Morgan fingerprint density at radius 2 is 2.19 bits per heavy atom. The van der Waals surface area contributed by atoms with Crippen LogP contribution in [-0.2, 0) is 4.79 Å². The van der Waals surface area contributed by atoms with Crippen molar-refractivity contribution in [3.8, 4) is 5.88 Å². The summed E-state index contributed by atoms with van der Waals surface area (Å²) in [5, 5.41) is 2.84. The molecule has 3 aromatic rings. The second kappa shape index (κ2) is 7.52. The van der Waals surface area contributed by atoms with Gasteiger partial charge in [-0.25, -0.2) is 15.0 Å². The lowest BCUT2D eigenvalue weighted by molar-refractivity contribution is -0.115. The molecule has 3 aromatic heterocycles. The van der Waals surface area contributed by atoms with Crippen molar-refractivity contribution in [2.24, 2.45) is 0 Å². The SMILES string of the molecule is CC[C@H](Sc1nc(N)nc2nc(C)[nH]c12)C(=O)Nc1nccc(OC)n1. The van der Waals surface area contributed by atoms with Crippen LogP contribution in [0, 0.1) is 6.92 Å². The number of aromatic nitrogens is 6. The van der Waals surface area contributed by atoms with Gasteiger partial charge in [0.25, 0.3) is 0 Å². The molecule has 0 spiro atoms. The third-order valence-electron chi connectivity index (χ3n) is 3.44. The molecule has 0 aliphatic heterocycles. The highest BCUT2D eigenvalue weighted by Crippen LogP contribution is 2.30. The highest BCUT2D eigenvalue weighted by atomic mass is 32.2. The zero-order valence-corrected chi connectivity index (χ0v) is 15.3. The smallest absolute Gasteiger partial charge is 0.240 e. The van der Waals surface area contributed by atoms with Crippen LogP contribution in [0.2, 0.25) is 0 Å². The highest BCUT2D eigenvalue weighted by Gasteiger charge is 2.22. The van der Waals surface area contributed by atoms with E-state index in [1.54, 1.807) is 6.07 Å². The number of hydrogen-bond donors (Lipinski definition) is 3. The van der Waals surface area contributed by atoms with Crippen molar-refractivity contribution in [2.75, 3.05) is 18.2 Å². The van der Waals surface area contributed by atoms with Crippen molar-refractivity contribution >= 4 is 40.7 Å². The quantitative estimate of drug-likeness (QED) is 0.432. The fourth-order valence-electron chi connectivity index (χ4n) is 2.25. The Morgan fingerprint density at radius 1 is 1.38 bits per heavy atom. The van der Waals surface area contributed by atoms with E-state index in [4.69, 9.17) is 10.5 Å². The van der Waals surface area contributed by atoms with E-state index in [0.29, 0.717) is 34.3 Å². The van der Waals surface area contributed by atoms with E-state index >= 15 is 0 Å². The van der Waals surface area contributed by atoms with Crippen LogP contribution < -0.4 is 15.8 Å². The van der Waals surface area contributed by atoms with E-state index < -0.39 is 5.25 Å². The van der Waals surface area contributed by atoms with Crippen molar-refractivity contribution in [3.05, 3.63) is 18.1 Å². The monoisotopic (exact) mass is 374 g/mol. The number of hydrogen-bond acceptors (Lipinski definition) is 9. The van der Waals surface area contributed by atoms with Gasteiger partial charge in [-0.15, -0.1) is 0 Å². The Balaban J connectivity index is 1.82. The minimum Gasteiger partial charge on any atom is -0.481 e. The van der Waals surface area contributed by atoms with Gasteiger partial charge in [0, 0.05) is 12.3 Å². The molecule has 0 unspecified atom stereocenters. The summed E-state index contributed by atoms with van der Waals surface area (Å²) in [4.78, 5) is 36.4. The molecule has 0 aliphatic carbocycles. The number of nitrogens with one attached hydrogen (secondary N) is 2. The molecule has 10 nitrogen and oxygen atoms in total. The maximum absolute atomic E-state index is 12.6. The number of carbonyl (C=O) groups excluding carboxylic acids is 1. The summed E-state index contributed by atoms with van der Waals surface area (Å²) >= 11 is 1.28. The average Bonchev–Trinajstić information content (AvgIpc) is 2.99. The van der Waals surface area contributed by atoms with Crippen molar-refractivity contribution < 1.29 is 9.53 Å². The molecule has 136 valence electrons. The van der Waals surface area contributed by atoms with Gasteiger partial charge in [0.1, 0.15) is 16.4 Å². The number of nitrogen functional groups attached to an aromatic ring is 1. The summed E-state index contributed by atoms with van der Waals surface area (Å²) in [5.74, 6) is 1.11. The van der Waals surface area contributed by atoms with Crippen LogP contribution in [0.25, 0.3) is 11.2 Å². The summed E-state index contributed by atoms with van der Waals surface area (Å²) < 4.78 is 5.03. The van der Waals surface area contributed by atoms with Crippen LogP contribution in [0.3, 0.4) is 0 Å². The Hall–Kier alpha value is -2.95. The minimum absolute atomic E-state index is 0.109. The number of anilines is 2. The molecule has 0 radical (unpaired) electrons. The van der Waals surface area contributed by atoms with Crippen LogP contribution >= 0.6 is 11.8 Å². The van der Waals surface area contributed by atoms with Gasteiger partial charge >= 0.3 is 0 Å². The van der Waals surface area contributed by atoms with Gasteiger partial charge in [-0.3, -0.25) is 10.1 Å². The number of methoxy groups -OCH3 is 1. The number of amides is 1. The largest absolute Gasteiger partial charge is 0.481 e. The number of fused-ring (bicyclic) bond motifs is 1. The second-order valence-corrected chi connectivity index (χ2v) is 6.53. The average molecular weight is 374 g/mol. The summed E-state index contributed by atoms with van der Waals surface area (Å²) in [6.45, 7) is 3.72. The zero-order valence-electron chi connectivity index (χ0n) is 14.5. The molecule has 3 rings (SSSR count). The van der Waals surface area contributed by atoms with Gasteiger partial charge in [0.15, 0.2) is 5.65 Å². The molecule has 0 saturated heterocycles. The number of aryl methyl sites for hydroxylation is 1. The molecule has 0 saturated carbocycles. The molecule has 3 heterocycles. The van der Waals surface area contributed by atoms with Gasteiger partial charge < -0.3 is 15.5 Å². The number of rotatable bonds is 6. The number of imidazole rings is 1. The van der Waals surface area contributed by atoms with E-state index in [1.165, 1.54) is 25.1 Å². The topological polar surface area (TPSA) is 145 Å². The van der Waals surface area contributed by atoms with E-state index in [-0.39, 0.29) is 17.8 Å². The number of H-pyrrole nitrogens is 1. The summed E-state index contributed by atoms with van der Waals surface area (Å²) in [7, 11) is 1.50. The van der Waals surface area contributed by atoms with Crippen LogP contribution in [-0.4, -0.2) is 48.2 Å². The Morgan fingerprint density at radius 3 is 2.92 bits per heavy atom. The Bertz CT molecular complexity index is 945. The van der Waals surface area contributed by atoms with E-state index in [9.17, 15) is 4.79 Å². The number of thioether (sulfide) groups is 1. The van der Waals surface area contributed by atoms with Crippen LogP contribution in [0.1, 0.15) is 19.2 Å². The van der Waals surface area contributed by atoms with Crippen LogP contribution in [0.4, 0.5) is 11.9 Å². The molecule has 11 heteroatoms. The fraction of sp³-hybridized carbons (Fsp3) is 0.333. The number of carbonyl (C=O) groups is 1. The lowest BCUT2D eigenvalue weighted by Crippen LogP contribution is -2.25. The van der Waals surface area contributed by atoms with Gasteiger partial charge in [-0.1, -0.05) is 18.7 Å². The third kappa shape index (κ3) is 3.82. The highest BCUT2D eigenvalue weighted by molar-refractivity contribution is 8.00. The fourth-order valence-corrected chi connectivity index (χ4v) is 3.26. The predicted octanol–water partition coefficient (Wildman–Crippen LogP) is 1.55. The van der Waals surface area contributed by atoms with Crippen LogP contribution in [0.5, 0.6) is 5.88 Å². The summed E-state index contributed by atoms with van der Waals surface area (Å²) in [6, 6.07) is 1.60. The molecule has 0 aromatic carbocycles. The van der Waals surface area contributed by atoms with Crippen molar-refractivity contribution in [1.29, 1.82) is 0 Å². The maximum atomic E-state index is 12.6. The van der Waals surface area contributed by atoms with Gasteiger partial charge in [-0.2, -0.15) is 9.97 Å². The lowest BCUT2D eigenvalue weighted by atomic mass is 10.3. The predicted molar refractivity (Wildman–Crippen MR) is 98.0 cm³/mol. The first-order chi connectivity index (χ1) is 12.5. The standard InChI is InChI=1S/C15H18N8O2S/c1-4-8(12(24)22-15-17-6-5-9(20-15)25-3)26-13-10-11(19-7(2)18-10)21-14(16)23-13/h5-6,8H,4H2,1-3H3,(H,17,20,22,24)(H3,16,18,19,21,23)/t8-/m0/s1. The molecule has 0 fully saturated rings. The van der Waals surface area contributed by atoms with E-state index in [0.717, 1.165) is 0 Å². The molecule has 1 atom stereocenters. The van der Waals surface area contributed by atoms with Gasteiger partial charge in [0.2, 0.25) is 23.7 Å². The molecule has 0 bridgehead atoms. The number of aromatic amines is 1. The first-order valence-electron chi connectivity index (χ1n) is 7.84. The molecule has 0 aliphatic rings.